The molecule has 0 fully saturated rings. The molecule has 0 aliphatic rings. The first-order chi connectivity index (χ1) is 12.9. The SMILES string of the molecule is C=C(C#Cc1ccc(SNCc2ccnc3ccccc23)cc1)C(F)(F)F. The molecule has 0 bridgehead atoms. The number of nitrogens with zero attached hydrogens (tertiary/aromatic N) is 1. The summed E-state index contributed by atoms with van der Waals surface area (Å²) in [6.07, 6.45) is -2.70. The minimum Gasteiger partial charge on any atom is -0.256 e. The van der Waals surface area contributed by atoms with Gasteiger partial charge in [0.05, 0.1) is 11.1 Å². The van der Waals surface area contributed by atoms with E-state index in [4.69, 9.17) is 0 Å². The maximum absolute atomic E-state index is 12.4. The number of alkyl halides is 3. The fraction of sp³-hybridized carbons (Fsp3) is 0.0952. The van der Waals surface area contributed by atoms with E-state index in [0.717, 1.165) is 21.4 Å². The average Bonchev–Trinajstić information content (AvgIpc) is 2.66. The third-order valence-corrected chi connectivity index (χ3v) is 4.54. The van der Waals surface area contributed by atoms with Gasteiger partial charge in [0.1, 0.15) is 0 Å². The van der Waals surface area contributed by atoms with Gasteiger partial charge >= 0.3 is 6.18 Å². The van der Waals surface area contributed by atoms with Gasteiger partial charge in [-0.05, 0) is 53.9 Å². The van der Waals surface area contributed by atoms with Gasteiger partial charge in [-0.15, -0.1) is 0 Å². The lowest BCUT2D eigenvalue weighted by Crippen LogP contribution is -2.08. The molecule has 3 aromatic rings. The van der Waals surface area contributed by atoms with Gasteiger partial charge in [0.25, 0.3) is 0 Å². The standard InChI is InChI=1S/C21H15F3N2S/c1-15(21(22,23)24)6-7-16-8-10-18(11-9-16)27-26-14-17-12-13-25-20-5-3-2-4-19(17)20/h2-5,8-13,26H,1,14H2. The third kappa shape index (κ3) is 5.13. The van der Waals surface area contributed by atoms with Crippen molar-refractivity contribution in [1.29, 1.82) is 0 Å². The molecule has 0 aliphatic heterocycles. The molecule has 0 atom stereocenters. The molecular weight excluding hydrogens is 369 g/mol. The molecule has 0 saturated heterocycles. The normalized spacial score (nSPS) is 11.1. The molecule has 3 rings (SSSR count). The van der Waals surface area contributed by atoms with E-state index in [0.29, 0.717) is 12.1 Å². The van der Waals surface area contributed by atoms with Crippen molar-refractivity contribution in [2.45, 2.75) is 17.6 Å². The summed E-state index contributed by atoms with van der Waals surface area (Å²) in [5.74, 6) is 4.52. The Hall–Kier alpha value is -2.75. The highest BCUT2D eigenvalue weighted by atomic mass is 32.2. The molecule has 27 heavy (non-hydrogen) atoms. The Balaban J connectivity index is 1.59. The van der Waals surface area contributed by atoms with Gasteiger partial charge in [-0.25, -0.2) is 0 Å². The van der Waals surface area contributed by atoms with Gasteiger partial charge < -0.3 is 0 Å². The molecular formula is C21H15F3N2S. The largest absolute Gasteiger partial charge is 0.423 e. The molecule has 0 amide bonds. The first kappa shape index (κ1) is 19.0. The maximum Gasteiger partial charge on any atom is 0.423 e. The fourth-order valence-corrected chi connectivity index (χ4v) is 3.00. The van der Waals surface area contributed by atoms with Gasteiger partial charge in [0.2, 0.25) is 0 Å². The first-order valence-corrected chi connectivity index (χ1v) is 8.85. The molecule has 0 spiro atoms. The van der Waals surface area contributed by atoms with Crippen LogP contribution in [0.1, 0.15) is 11.1 Å². The number of hydrogen-bond donors (Lipinski definition) is 1. The van der Waals surface area contributed by atoms with Crippen molar-refractivity contribution in [1.82, 2.24) is 9.71 Å². The second-order valence-corrected chi connectivity index (χ2v) is 6.63. The van der Waals surface area contributed by atoms with E-state index in [9.17, 15) is 13.2 Å². The van der Waals surface area contributed by atoms with E-state index in [2.05, 4.69) is 22.2 Å². The number of benzene rings is 2. The summed E-state index contributed by atoms with van der Waals surface area (Å²) in [5.41, 5.74) is 1.54. The summed E-state index contributed by atoms with van der Waals surface area (Å²) in [6.45, 7) is 3.59. The number of hydrogen-bond acceptors (Lipinski definition) is 3. The van der Waals surface area contributed by atoms with E-state index in [1.807, 2.05) is 48.4 Å². The van der Waals surface area contributed by atoms with Crippen molar-refractivity contribution in [2.24, 2.45) is 0 Å². The minimum absolute atomic E-state index is 0.505. The van der Waals surface area contributed by atoms with E-state index in [-0.39, 0.29) is 0 Å². The molecule has 2 aromatic carbocycles. The van der Waals surface area contributed by atoms with Crippen molar-refractivity contribution in [3.8, 4) is 11.8 Å². The Bertz CT molecular complexity index is 1010. The van der Waals surface area contributed by atoms with E-state index in [1.165, 1.54) is 11.9 Å². The van der Waals surface area contributed by atoms with Gasteiger partial charge in [-0.3, -0.25) is 9.71 Å². The van der Waals surface area contributed by atoms with Crippen molar-refractivity contribution in [3.63, 3.8) is 0 Å². The summed E-state index contributed by atoms with van der Waals surface area (Å²) < 4.78 is 40.4. The third-order valence-electron chi connectivity index (χ3n) is 3.75. The molecule has 1 heterocycles. The smallest absolute Gasteiger partial charge is 0.256 e. The molecule has 6 heteroatoms. The van der Waals surface area contributed by atoms with Crippen LogP contribution in [-0.4, -0.2) is 11.2 Å². The number of rotatable bonds is 4. The molecule has 1 N–H and O–H groups in total. The molecule has 2 nitrogen and oxygen atoms in total. The van der Waals surface area contributed by atoms with Crippen LogP contribution in [0.4, 0.5) is 13.2 Å². The molecule has 1 aromatic heterocycles. The highest BCUT2D eigenvalue weighted by molar-refractivity contribution is 7.97. The van der Waals surface area contributed by atoms with E-state index in [1.54, 1.807) is 18.3 Å². The number of pyridine rings is 1. The Morgan fingerprint density at radius 2 is 1.81 bits per heavy atom. The lowest BCUT2D eigenvalue weighted by atomic mass is 10.1. The lowest BCUT2D eigenvalue weighted by Gasteiger charge is -2.07. The Morgan fingerprint density at radius 3 is 2.56 bits per heavy atom. The van der Waals surface area contributed by atoms with Crippen molar-refractivity contribution >= 4 is 22.9 Å². The monoisotopic (exact) mass is 384 g/mol. The summed E-state index contributed by atoms with van der Waals surface area (Å²) in [4.78, 5) is 5.28. The highest BCUT2D eigenvalue weighted by Gasteiger charge is 2.30. The van der Waals surface area contributed by atoms with Crippen LogP contribution >= 0.6 is 11.9 Å². The topological polar surface area (TPSA) is 24.9 Å². The van der Waals surface area contributed by atoms with E-state index < -0.39 is 11.7 Å². The second-order valence-electron chi connectivity index (χ2n) is 5.66. The zero-order valence-corrected chi connectivity index (χ0v) is 15.0. The molecule has 0 aliphatic carbocycles. The predicted molar refractivity (Wildman–Crippen MR) is 103 cm³/mol. The van der Waals surface area contributed by atoms with Gasteiger partial charge in [0, 0.05) is 28.6 Å². The van der Waals surface area contributed by atoms with Crippen LogP contribution in [0, 0.1) is 11.8 Å². The number of nitrogens with one attached hydrogen (secondary N) is 1. The number of fused-ring (bicyclic) bond motifs is 1. The van der Waals surface area contributed by atoms with Crippen LogP contribution in [0.3, 0.4) is 0 Å². The fourth-order valence-electron chi connectivity index (χ4n) is 2.33. The Kier molecular flexibility index (Phi) is 5.84. The Morgan fingerprint density at radius 1 is 1.07 bits per heavy atom. The van der Waals surface area contributed by atoms with Gasteiger partial charge in [-0.2, -0.15) is 13.2 Å². The summed E-state index contributed by atoms with van der Waals surface area (Å²) in [7, 11) is 0. The predicted octanol–water partition coefficient (Wildman–Crippen LogP) is 5.50. The van der Waals surface area contributed by atoms with Crippen LogP contribution in [0.5, 0.6) is 0 Å². The zero-order valence-electron chi connectivity index (χ0n) is 14.2. The lowest BCUT2D eigenvalue weighted by molar-refractivity contribution is -0.0868. The summed E-state index contributed by atoms with van der Waals surface area (Å²) >= 11 is 1.45. The summed E-state index contributed by atoms with van der Waals surface area (Å²) in [6, 6.07) is 16.9. The first-order valence-electron chi connectivity index (χ1n) is 8.04. The van der Waals surface area contributed by atoms with Crippen LogP contribution in [-0.2, 0) is 6.54 Å². The highest BCUT2D eigenvalue weighted by Crippen LogP contribution is 2.23. The number of aromatic nitrogens is 1. The van der Waals surface area contributed by atoms with Crippen LogP contribution in [0.2, 0.25) is 0 Å². The van der Waals surface area contributed by atoms with Crippen molar-refractivity contribution in [3.05, 3.63) is 84.1 Å². The number of halogens is 3. The van der Waals surface area contributed by atoms with Crippen LogP contribution in [0.25, 0.3) is 10.9 Å². The van der Waals surface area contributed by atoms with Crippen LogP contribution in [0.15, 0.2) is 77.8 Å². The molecule has 136 valence electrons. The molecule has 0 unspecified atom stereocenters. The Labute approximate surface area is 159 Å². The average molecular weight is 384 g/mol. The minimum atomic E-state index is -4.48. The summed E-state index contributed by atoms with van der Waals surface area (Å²) in [5, 5.41) is 1.10. The quantitative estimate of drug-likeness (QED) is 0.475. The van der Waals surface area contributed by atoms with Gasteiger partial charge in [-0.1, -0.05) is 36.6 Å². The zero-order chi connectivity index (χ0) is 19.3. The molecule has 0 radical (unpaired) electrons. The number of para-hydroxylation sites is 1. The van der Waals surface area contributed by atoms with Crippen molar-refractivity contribution < 1.29 is 13.2 Å². The number of allylic oxidation sites excluding steroid dienone is 1. The second kappa shape index (κ2) is 8.30. The molecule has 0 saturated carbocycles. The maximum atomic E-state index is 12.4. The van der Waals surface area contributed by atoms with Gasteiger partial charge in [0.15, 0.2) is 0 Å². The van der Waals surface area contributed by atoms with Crippen molar-refractivity contribution in [2.75, 3.05) is 0 Å². The van der Waals surface area contributed by atoms with Crippen LogP contribution < -0.4 is 4.72 Å². The van der Waals surface area contributed by atoms with E-state index >= 15 is 0 Å².